The van der Waals surface area contributed by atoms with E-state index in [1.165, 1.54) is 18.5 Å². The zero-order valence-corrected chi connectivity index (χ0v) is 19.2. The molecule has 9 heteroatoms. The van der Waals surface area contributed by atoms with E-state index in [0.717, 1.165) is 25.9 Å². The number of carbonyl (C=O) groups excluding carboxylic acids is 1. The summed E-state index contributed by atoms with van der Waals surface area (Å²) < 4.78 is 0. The molecule has 7 nitrogen and oxygen atoms in total. The predicted molar refractivity (Wildman–Crippen MR) is 122 cm³/mol. The van der Waals surface area contributed by atoms with E-state index in [1.54, 1.807) is 17.0 Å². The van der Waals surface area contributed by atoms with Gasteiger partial charge in [-0.3, -0.25) is 4.98 Å². The summed E-state index contributed by atoms with van der Waals surface area (Å²) >= 11 is 13.0. The first-order chi connectivity index (χ1) is 14.7. The van der Waals surface area contributed by atoms with E-state index < -0.39 is 5.97 Å². The van der Waals surface area contributed by atoms with Gasteiger partial charge < -0.3 is 20.2 Å². The highest BCUT2D eigenvalue weighted by molar-refractivity contribution is 6.44. The minimum absolute atomic E-state index is 0.0614. The number of aromatic nitrogens is 1. The topological polar surface area (TPSA) is 85.8 Å². The van der Waals surface area contributed by atoms with Crippen molar-refractivity contribution in [3.8, 4) is 11.1 Å². The molecule has 1 aromatic carbocycles. The molecule has 3 rings (SSSR count). The maximum Gasteiger partial charge on any atom is 0.337 e. The second-order valence-corrected chi connectivity index (χ2v) is 8.67. The number of piperidine rings is 1. The van der Waals surface area contributed by atoms with E-state index in [1.807, 2.05) is 14.0 Å². The average Bonchev–Trinajstić information content (AvgIpc) is 2.75. The molecule has 166 valence electrons. The van der Waals surface area contributed by atoms with Gasteiger partial charge in [-0.25, -0.2) is 9.59 Å². The Morgan fingerprint density at radius 3 is 2.55 bits per heavy atom. The van der Waals surface area contributed by atoms with Crippen LogP contribution in [0.5, 0.6) is 0 Å². The van der Waals surface area contributed by atoms with Gasteiger partial charge in [0.1, 0.15) is 0 Å². The quantitative estimate of drug-likeness (QED) is 0.677. The van der Waals surface area contributed by atoms with Crippen LogP contribution in [0.4, 0.5) is 4.79 Å². The number of rotatable bonds is 5. The lowest BCUT2D eigenvalue weighted by atomic mass is 10.0. The SMILES string of the molecule is CC(NC(=O)N(C)C1CCN(C)CC1)c1ccc(-c2cncc(C(=O)O)c2)c(Cl)c1Cl. The lowest BCUT2D eigenvalue weighted by molar-refractivity contribution is 0.0696. The average molecular weight is 465 g/mol. The number of aromatic carboxylic acids is 1. The van der Waals surface area contributed by atoms with Crippen molar-refractivity contribution in [3.63, 3.8) is 0 Å². The number of carboxylic acid groups (broad SMARTS) is 1. The Morgan fingerprint density at radius 2 is 1.90 bits per heavy atom. The van der Waals surface area contributed by atoms with Crippen LogP contribution in [-0.4, -0.2) is 65.1 Å². The van der Waals surface area contributed by atoms with E-state index in [-0.39, 0.29) is 28.7 Å². The monoisotopic (exact) mass is 464 g/mol. The van der Waals surface area contributed by atoms with Crippen LogP contribution >= 0.6 is 23.2 Å². The first-order valence-electron chi connectivity index (χ1n) is 10.1. The summed E-state index contributed by atoms with van der Waals surface area (Å²) in [5.41, 5.74) is 1.87. The number of carbonyl (C=O) groups is 2. The Hall–Kier alpha value is -2.35. The molecule has 0 saturated carbocycles. The summed E-state index contributed by atoms with van der Waals surface area (Å²) in [5, 5.41) is 12.8. The number of hydrogen-bond acceptors (Lipinski definition) is 4. The highest BCUT2D eigenvalue weighted by Gasteiger charge is 2.26. The first kappa shape index (κ1) is 23.3. The van der Waals surface area contributed by atoms with Crippen molar-refractivity contribution < 1.29 is 14.7 Å². The fourth-order valence-corrected chi connectivity index (χ4v) is 4.35. The number of halogens is 2. The number of likely N-dealkylation sites (tertiary alicyclic amines) is 1. The third kappa shape index (κ3) is 5.29. The molecule has 0 aliphatic carbocycles. The Bertz CT molecular complexity index is 977. The predicted octanol–water partition coefficient (Wildman–Crippen LogP) is 4.55. The van der Waals surface area contributed by atoms with Crippen molar-refractivity contribution in [1.82, 2.24) is 20.1 Å². The standard InChI is InChI=1S/C22H26Cl2N4O3/c1-13(26-22(31)28(3)16-6-8-27(2)9-7-16)17-4-5-18(20(24)19(17)23)14-10-15(21(29)30)12-25-11-14/h4-5,10-13,16H,6-9H2,1-3H3,(H,26,31)(H,29,30). The van der Waals surface area contributed by atoms with Gasteiger partial charge in [0.05, 0.1) is 21.7 Å². The van der Waals surface area contributed by atoms with Crippen molar-refractivity contribution in [1.29, 1.82) is 0 Å². The summed E-state index contributed by atoms with van der Waals surface area (Å²) in [5.74, 6) is -1.07. The fourth-order valence-electron chi connectivity index (χ4n) is 3.74. The molecule has 1 aliphatic rings. The van der Waals surface area contributed by atoms with Crippen LogP contribution in [0.2, 0.25) is 10.0 Å². The van der Waals surface area contributed by atoms with E-state index >= 15 is 0 Å². The third-order valence-electron chi connectivity index (χ3n) is 5.77. The number of nitrogens with zero attached hydrogens (tertiary/aromatic N) is 3. The summed E-state index contributed by atoms with van der Waals surface area (Å²) in [7, 11) is 3.90. The van der Waals surface area contributed by atoms with Crippen LogP contribution < -0.4 is 5.32 Å². The van der Waals surface area contributed by atoms with Crippen molar-refractivity contribution in [2.24, 2.45) is 0 Å². The minimum atomic E-state index is -1.07. The Labute approximate surface area is 192 Å². The van der Waals surface area contributed by atoms with Gasteiger partial charge in [-0.15, -0.1) is 0 Å². The molecule has 0 radical (unpaired) electrons. The van der Waals surface area contributed by atoms with Crippen LogP contribution in [0, 0.1) is 0 Å². The van der Waals surface area contributed by atoms with Crippen molar-refractivity contribution in [3.05, 3.63) is 51.8 Å². The van der Waals surface area contributed by atoms with Gasteiger partial charge in [0, 0.05) is 36.6 Å². The van der Waals surface area contributed by atoms with Gasteiger partial charge in [-0.05, 0) is 51.5 Å². The number of carboxylic acids is 1. The smallest absolute Gasteiger partial charge is 0.337 e. The Balaban J connectivity index is 1.75. The third-order valence-corrected chi connectivity index (χ3v) is 6.67. The number of amides is 2. The zero-order valence-electron chi connectivity index (χ0n) is 17.7. The van der Waals surface area contributed by atoms with Crippen LogP contribution in [-0.2, 0) is 0 Å². The van der Waals surface area contributed by atoms with E-state index in [2.05, 4.69) is 22.2 Å². The molecule has 1 aliphatic heterocycles. The first-order valence-corrected chi connectivity index (χ1v) is 10.8. The molecule has 0 bridgehead atoms. The van der Waals surface area contributed by atoms with Gasteiger partial charge in [-0.1, -0.05) is 35.3 Å². The molecular weight excluding hydrogens is 439 g/mol. The Kier molecular flexibility index (Phi) is 7.41. The van der Waals surface area contributed by atoms with Gasteiger partial charge in [0.25, 0.3) is 0 Å². The maximum atomic E-state index is 12.8. The highest BCUT2D eigenvalue weighted by Crippen LogP contribution is 2.38. The molecular formula is C22H26Cl2N4O3. The number of hydrogen-bond donors (Lipinski definition) is 2. The normalized spacial score (nSPS) is 16.0. The number of urea groups is 1. The van der Waals surface area contributed by atoms with Crippen molar-refractivity contribution in [2.75, 3.05) is 27.2 Å². The molecule has 2 aromatic rings. The van der Waals surface area contributed by atoms with Crippen LogP contribution in [0.25, 0.3) is 11.1 Å². The molecule has 2 N–H and O–H groups in total. The minimum Gasteiger partial charge on any atom is -0.478 e. The van der Waals surface area contributed by atoms with Crippen LogP contribution in [0.15, 0.2) is 30.6 Å². The van der Waals surface area contributed by atoms with Crippen LogP contribution in [0.1, 0.15) is 41.7 Å². The summed E-state index contributed by atoms with van der Waals surface area (Å²) in [6.07, 6.45) is 4.69. The number of nitrogens with one attached hydrogen (secondary N) is 1. The lowest BCUT2D eigenvalue weighted by Gasteiger charge is -2.35. The van der Waals surface area contributed by atoms with Crippen LogP contribution in [0.3, 0.4) is 0 Å². The van der Waals surface area contributed by atoms with Crippen molar-refractivity contribution >= 4 is 35.2 Å². The highest BCUT2D eigenvalue weighted by atomic mass is 35.5. The maximum absolute atomic E-state index is 12.8. The van der Waals surface area contributed by atoms with Crippen molar-refractivity contribution in [2.45, 2.75) is 31.8 Å². The van der Waals surface area contributed by atoms with E-state index in [0.29, 0.717) is 21.7 Å². The molecule has 31 heavy (non-hydrogen) atoms. The molecule has 1 fully saturated rings. The summed E-state index contributed by atoms with van der Waals surface area (Å²) in [4.78, 5) is 32.0. The van der Waals surface area contributed by atoms with E-state index in [4.69, 9.17) is 23.2 Å². The molecule has 1 saturated heterocycles. The zero-order chi connectivity index (χ0) is 22.7. The van der Waals surface area contributed by atoms with Gasteiger partial charge in [0.15, 0.2) is 0 Å². The molecule has 1 unspecified atom stereocenters. The number of benzene rings is 1. The van der Waals surface area contributed by atoms with Gasteiger partial charge in [-0.2, -0.15) is 0 Å². The van der Waals surface area contributed by atoms with Gasteiger partial charge in [0.2, 0.25) is 0 Å². The lowest BCUT2D eigenvalue weighted by Crippen LogP contribution is -2.48. The Morgan fingerprint density at radius 1 is 1.23 bits per heavy atom. The van der Waals surface area contributed by atoms with Gasteiger partial charge >= 0.3 is 12.0 Å². The van der Waals surface area contributed by atoms with E-state index in [9.17, 15) is 14.7 Å². The summed E-state index contributed by atoms with van der Waals surface area (Å²) in [6, 6.07) is 4.74. The molecule has 0 spiro atoms. The summed E-state index contributed by atoms with van der Waals surface area (Å²) in [6.45, 7) is 3.79. The molecule has 1 aromatic heterocycles. The molecule has 2 heterocycles. The second-order valence-electron chi connectivity index (χ2n) is 7.91. The second kappa shape index (κ2) is 9.85. The molecule has 2 amide bonds. The largest absolute Gasteiger partial charge is 0.478 e. The molecule has 1 atom stereocenters. The number of pyridine rings is 1. The fraction of sp³-hybridized carbons (Fsp3) is 0.409.